The first-order valence-corrected chi connectivity index (χ1v) is 12.1. The van der Waals surface area contributed by atoms with Gasteiger partial charge in [0.05, 0.1) is 16.8 Å². The molecule has 0 aliphatic rings. The summed E-state index contributed by atoms with van der Waals surface area (Å²) in [5, 5.41) is 1.35. The Bertz CT molecular complexity index is 1000. The van der Waals surface area contributed by atoms with Crippen molar-refractivity contribution in [2.45, 2.75) is 33.6 Å². The number of hydrogen-bond donors (Lipinski definition) is 0. The molecule has 0 aliphatic heterocycles. The predicted molar refractivity (Wildman–Crippen MR) is 131 cm³/mol. The number of hydrogen-bond acceptors (Lipinski definition) is 5. The van der Waals surface area contributed by atoms with Gasteiger partial charge < -0.3 is 9.64 Å². The van der Waals surface area contributed by atoms with E-state index in [2.05, 4.69) is 25.7 Å². The highest BCUT2D eigenvalue weighted by Gasteiger charge is 2.22. The molecule has 2 aromatic carbocycles. The maximum atomic E-state index is 13.6. The zero-order chi connectivity index (χ0) is 22.2. The Labute approximate surface area is 193 Å². The number of fused-ring (bicyclic) bond motifs is 1. The third kappa shape index (κ3) is 6.19. The fourth-order valence-electron chi connectivity index (χ4n) is 3.28. The zero-order valence-corrected chi connectivity index (χ0v) is 20.0. The number of likely N-dealkylation sites (N-methyl/N-ethyl adjacent to an activating group) is 1. The number of nitrogens with zero attached hydrogens (tertiary/aromatic N) is 3. The smallest absolute Gasteiger partial charge is 0.260 e. The van der Waals surface area contributed by atoms with Gasteiger partial charge in [-0.25, -0.2) is 4.98 Å². The minimum absolute atomic E-state index is 0.0711. The SMILES string of the molecule is CCCCOc1cccc(C(=O)N(CCN(CC)CC)c2nc3ccc(Cl)cc3s2)c1. The summed E-state index contributed by atoms with van der Waals surface area (Å²) < 4.78 is 6.78. The summed E-state index contributed by atoms with van der Waals surface area (Å²) in [6.45, 7) is 10.3. The van der Waals surface area contributed by atoms with Gasteiger partial charge in [0.1, 0.15) is 5.75 Å². The van der Waals surface area contributed by atoms with Crippen LogP contribution in [0.15, 0.2) is 42.5 Å². The van der Waals surface area contributed by atoms with Gasteiger partial charge in [0.25, 0.3) is 5.91 Å². The van der Waals surface area contributed by atoms with Gasteiger partial charge in [-0.15, -0.1) is 0 Å². The molecule has 0 aliphatic carbocycles. The third-order valence-corrected chi connectivity index (χ3v) is 6.47. The van der Waals surface area contributed by atoms with E-state index in [0.717, 1.165) is 48.4 Å². The van der Waals surface area contributed by atoms with E-state index in [0.29, 0.717) is 28.9 Å². The van der Waals surface area contributed by atoms with E-state index in [1.54, 1.807) is 4.90 Å². The molecule has 166 valence electrons. The van der Waals surface area contributed by atoms with E-state index >= 15 is 0 Å². The van der Waals surface area contributed by atoms with Crippen LogP contribution in [-0.4, -0.2) is 48.6 Å². The van der Waals surface area contributed by atoms with E-state index in [9.17, 15) is 4.79 Å². The Morgan fingerprint density at radius 2 is 1.90 bits per heavy atom. The molecule has 0 saturated carbocycles. The van der Waals surface area contributed by atoms with E-state index in [1.807, 2.05) is 42.5 Å². The van der Waals surface area contributed by atoms with Gasteiger partial charge in [0, 0.05) is 23.7 Å². The molecule has 0 atom stereocenters. The summed E-state index contributed by atoms with van der Waals surface area (Å²) in [7, 11) is 0. The molecule has 0 radical (unpaired) electrons. The second kappa shape index (κ2) is 11.5. The third-order valence-electron chi connectivity index (χ3n) is 5.20. The highest BCUT2D eigenvalue weighted by molar-refractivity contribution is 7.22. The molecular weight excluding hydrogens is 430 g/mol. The topological polar surface area (TPSA) is 45.7 Å². The van der Waals surface area contributed by atoms with Crippen molar-refractivity contribution < 1.29 is 9.53 Å². The van der Waals surface area contributed by atoms with Gasteiger partial charge in [0.2, 0.25) is 0 Å². The van der Waals surface area contributed by atoms with Crippen molar-refractivity contribution in [1.29, 1.82) is 0 Å². The van der Waals surface area contributed by atoms with E-state index in [4.69, 9.17) is 21.3 Å². The number of halogens is 1. The number of aromatic nitrogens is 1. The number of rotatable bonds is 11. The van der Waals surface area contributed by atoms with Crippen molar-refractivity contribution in [3.05, 3.63) is 53.1 Å². The Hall–Kier alpha value is -2.15. The lowest BCUT2D eigenvalue weighted by Crippen LogP contribution is -2.38. The van der Waals surface area contributed by atoms with Crippen molar-refractivity contribution in [2.24, 2.45) is 0 Å². The number of amides is 1. The minimum Gasteiger partial charge on any atom is -0.494 e. The maximum absolute atomic E-state index is 13.6. The first-order valence-electron chi connectivity index (χ1n) is 10.9. The van der Waals surface area contributed by atoms with E-state index < -0.39 is 0 Å². The second-order valence-electron chi connectivity index (χ2n) is 7.32. The molecule has 1 heterocycles. The highest BCUT2D eigenvalue weighted by Crippen LogP contribution is 2.31. The van der Waals surface area contributed by atoms with Crippen molar-refractivity contribution in [1.82, 2.24) is 9.88 Å². The lowest BCUT2D eigenvalue weighted by molar-refractivity contribution is 0.0983. The number of thiazole rings is 1. The van der Waals surface area contributed by atoms with Crippen molar-refractivity contribution in [3.8, 4) is 5.75 Å². The molecule has 0 saturated heterocycles. The molecule has 0 unspecified atom stereocenters. The predicted octanol–water partition coefficient (Wildman–Crippen LogP) is 6.12. The molecule has 3 aromatic rings. The lowest BCUT2D eigenvalue weighted by Gasteiger charge is -2.25. The summed E-state index contributed by atoms with van der Waals surface area (Å²) in [4.78, 5) is 22.4. The molecule has 7 heteroatoms. The Balaban J connectivity index is 1.89. The summed E-state index contributed by atoms with van der Waals surface area (Å²) in [5.41, 5.74) is 1.45. The van der Waals surface area contributed by atoms with Crippen LogP contribution >= 0.6 is 22.9 Å². The fourth-order valence-corrected chi connectivity index (χ4v) is 4.54. The van der Waals surface area contributed by atoms with Crippen LogP contribution in [0.4, 0.5) is 5.13 Å². The minimum atomic E-state index is -0.0711. The van der Waals surface area contributed by atoms with Crippen molar-refractivity contribution in [3.63, 3.8) is 0 Å². The second-order valence-corrected chi connectivity index (χ2v) is 8.77. The molecule has 5 nitrogen and oxygen atoms in total. The number of carbonyl (C=O) groups is 1. The van der Waals surface area contributed by atoms with Crippen LogP contribution < -0.4 is 9.64 Å². The number of benzene rings is 2. The summed E-state index contributed by atoms with van der Waals surface area (Å²) in [6, 6.07) is 13.0. The number of anilines is 1. The summed E-state index contributed by atoms with van der Waals surface area (Å²) in [6.07, 6.45) is 2.06. The van der Waals surface area contributed by atoms with Gasteiger partial charge in [0.15, 0.2) is 5.13 Å². The molecule has 0 bridgehead atoms. The molecule has 3 rings (SSSR count). The Morgan fingerprint density at radius 3 is 2.65 bits per heavy atom. The number of unbranched alkanes of at least 4 members (excludes halogenated alkanes) is 1. The number of ether oxygens (including phenoxy) is 1. The van der Waals surface area contributed by atoms with Gasteiger partial charge in [-0.3, -0.25) is 9.69 Å². The van der Waals surface area contributed by atoms with Crippen LogP contribution in [0, 0.1) is 0 Å². The highest BCUT2D eigenvalue weighted by atomic mass is 35.5. The maximum Gasteiger partial charge on any atom is 0.260 e. The van der Waals surface area contributed by atoms with Crippen LogP contribution in [-0.2, 0) is 0 Å². The molecule has 0 N–H and O–H groups in total. The summed E-state index contributed by atoms with van der Waals surface area (Å²) >= 11 is 7.64. The molecule has 0 fully saturated rings. The summed E-state index contributed by atoms with van der Waals surface area (Å²) in [5.74, 6) is 0.650. The van der Waals surface area contributed by atoms with E-state index in [1.165, 1.54) is 11.3 Å². The molecule has 1 amide bonds. The van der Waals surface area contributed by atoms with Crippen molar-refractivity contribution >= 4 is 44.2 Å². The Kier molecular flexibility index (Phi) is 8.69. The van der Waals surface area contributed by atoms with Crippen LogP contribution in [0.2, 0.25) is 5.02 Å². The van der Waals surface area contributed by atoms with Crippen LogP contribution in [0.25, 0.3) is 10.2 Å². The molecule has 1 aromatic heterocycles. The largest absolute Gasteiger partial charge is 0.494 e. The lowest BCUT2D eigenvalue weighted by atomic mass is 10.2. The monoisotopic (exact) mass is 459 g/mol. The van der Waals surface area contributed by atoms with Gasteiger partial charge in [-0.1, -0.05) is 56.2 Å². The number of carbonyl (C=O) groups excluding carboxylic acids is 1. The first kappa shape index (κ1) is 23.5. The normalized spacial score (nSPS) is 11.3. The average Bonchev–Trinajstić information content (AvgIpc) is 3.19. The van der Waals surface area contributed by atoms with E-state index in [-0.39, 0.29) is 5.91 Å². The fraction of sp³-hybridized carbons (Fsp3) is 0.417. The standard InChI is InChI=1S/C24H30ClN3O2S/c1-4-7-15-30-20-10-8-9-18(16-20)23(29)28(14-13-27(5-2)6-3)24-26-21-12-11-19(25)17-22(21)31-24/h8-12,16-17H,4-7,13-15H2,1-3H3. The molecule has 31 heavy (non-hydrogen) atoms. The van der Waals surface area contributed by atoms with Crippen LogP contribution in [0.1, 0.15) is 44.0 Å². The zero-order valence-electron chi connectivity index (χ0n) is 18.4. The molecular formula is C24H30ClN3O2S. The van der Waals surface area contributed by atoms with Gasteiger partial charge in [-0.05, 0) is 55.9 Å². The van der Waals surface area contributed by atoms with Gasteiger partial charge >= 0.3 is 0 Å². The first-order chi connectivity index (χ1) is 15.0. The van der Waals surface area contributed by atoms with Crippen molar-refractivity contribution in [2.75, 3.05) is 37.7 Å². The average molecular weight is 460 g/mol. The van der Waals surface area contributed by atoms with Crippen LogP contribution in [0.5, 0.6) is 5.75 Å². The Morgan fingerprint density at radius 1 is 1.10 bits per heavy atom. The molecule has 0 spiro atoms. The van der Waals surface area contributed by atoms with Crippen LogP contribution in [0.3, 0.4) is 0 Å². The quantitative estimate of drug-likeness (QED) is 0.324. The van der Waals surface area contributed by atoms with Gasteiger partial charge in [-0.2, -0.15) is 0 Å².